The molecule has 1 aromatic carbocycles. The minimum Gasteiger partial charge on any atom is -0.352 e. The van der Waals surface area contributed by atoms with Crippen molar-refractivity contribution in [3.63, 3.8) is 0 Å². The van der Waals surface area contributed by atoms with E-state index >= 15 is 0 Å². The highest BCUT2D eigenvalue weighted by atomic mass is 32.2. The van der Waals surface area contributed by atoms with Gasteiger partial charge in [-0.25, -0.2) is 0 Å². The van der Waals surface area contributed by atoms with Gasteiger partial charge in [-0.05, 0) is 81.1 Å². The molecule has 4 aliphatic carbocycles. The summed E-state index contributed by atoms with van der Waals surface area (Å²) in [6.07, 6.45) is 8.47. The third-order valence-corrected chi connectivity index (χ3v) is 8.01. The molecule has 0 aromatic heterocycles. The Labute approximate surface area is 156 Å². The number of amides is 1. The monoisotopic (exact) mass is 357 g/mol. The number of nitrogens with one attached hydrogen (secondary N) is 1. The molecule has 4 fully saturated rings. The van der Waals surface area contributed by atoms with Gasteiger partial charge in [0.2, 0.25) is 5.91 Å². The second-order valence-corrected chi connectivity index (χ2v) is 10.0. The van der Waals surface area contributed by atoms with Crippen LogP contribution < -0.4 is 5.32 Å². The molecule has 5 rings (SSSR count). The first kappa shape index (κ1) is 17.5. The molecule has 0 radical (unpaired) electrons. The maximum Gasteiger partial charge on any atom is 0.230 e. The summed E-state index contributed by atoms with van der Waals surface area (Å²) in [6, 6.07) is 8.96. The van der Waals surface area contributed by atoms with Gasteiger partial charge in [-0.1, -0.05) is 29.8 Å². The van der Waals surface area contributed by atoms with Crippen LogP contribution in [0.15, 0.2) is 24.3 Å². The van der Waals surface area contributed by atoms with Gasteiger partial charge in [-0.3, -0.25) is 4.79 Å². The van der Waals surface area contributed by atoms with Crippen molar-refractivity contribution >= 4 is 17.7 Å². The molecule has 2 nitrogen and oxygen atoms in total. The van der Waals surface area contributed by atoms with E-state index in [0.717, 1.165) is 23.5 Å². The summed E-state index contributed by atoms with van der Waals surface area (Å²) < 4.78 is 0. The van der Waals surface area contributed by atoms with Crippen LogP contribution in [0.3, 0.4) is 0 Å². The Balaban J connectivity index is 1.27. The van der Waals surface area contributed by atoms with E-state index in [1.54, 1.807) is 11.8 Å². The van der Waals surface area contributed by atoms with Crippen molar-refractivity contribution in [3.05, 3.63) is 35.4 Å². The summed E-state index contributed by atoms with van der Waals surface area (Å²) in [5.41, 5.74) is 3.00. The lowest BCUT2D eigenvalue weighted by Gasteiger charge is -2.59. The topological polar surface area (TPSA) is 29.1 Å². The number of carbonyl (C=O) groups is 1. The summed E-state index contributed by atoms with van der Waals surface area (Å²) in [4.78, 5) is 12.5. The van der Waals surface area contributed by atoms with Gasteiger partial charge in [0.1, 0.15) is 0 Å². The van der Waals surface area contributed by atoms with Crippen LogP contribution in [0.2, 0.25) is 0 Å². The zero-order valence-corrected chi connectivity index (χ0v) is 16.4. The van der Waals surface area contributed by atoms with E-state index in [0.29, 0.717) is 17.2 Å². The van der Waals surface area contributed by atoms with Crippen LogP contribution in [0.25, 0.3) is 0 Å². The minimum absolute atomic E-state index is 0.223. The molecule has 136 valence electrons. The Morgan fingerprint density at radius 3 is 2.24 bits per heavy atom. The standard InChI is InChI=1S/C22H31NOS/c1-15-3-5-17(6-4-15)13-25-14-21(24)23-16(2)22-10-18-7-19(11-22)9-20(8-18)12-22/h3-6,16,18-20H,7-14H2,1-2H3,(H,23,24). The molecule has 1 N–H and O–H groups in total. The van der Waals surface area contributed by atoms with Gasteiger partial charge in [0.15, 0.2) is 0 Å². The fraction of sp³-hybridized carbons (Fsp3) is 0.682. The average Bonchev–Trinajstić information content (AvgIpc) is 2.55. The Hall–Kier alpha value is -0.960. The molecule has 0 spiro atoms. The average molecular weight is 358 g/mol. The van der Waals surface area contributed by atoms with Gasteiger partial charge in [-0.15, -0.1) is 11.8 Å². The maximum atomic E-state index is 12.5. The van der Waals surface area contributed by atoms with Crippen LogP contribution >= 0.6 is 11.8 Å². The maximum absolute atomic E-state index is 12.5. The van der Waals surface area contributed by atoms with Crippen molar-refractivity contribution in [1.29, 1.82) is 0 Å². The van der Waals surface area contributed by atoms with Crippen molar-refractivity contribution in [1.82, 2.24) is 5.32 Å². The number of benzene rings is 1. The number of hydrogen-bond donors (Lipinski definition) is 1. The third-order valence-electron chi connectivity index (χ3n) is 7.00. The lowest BCUT2D eigenvalue weighted by Crippen LogP contribution is -2.56. The molecular formula is C22H31NOS. The van der Waals surface area contributed by atoms with Crippen LogP contribution in [0.5, 0.6) is 0 Å². The smallest absolute Gasteiger partial charge is 0.230 e. The van der Waals surface area contributed by atoms with E-state index in [2.05, 4.69) is 43.4 Å². The molecule has 25 heavy (non-hydrogen) atoms. The van der Waals surface area contributed by atoms with Gasteiger partial charge in [-0.2, -0.15) is 0 Å². The van der Waals surface area contributed by atoms with Crippen molar-refractivity contribution < 1.29 is 4.79 Å². The molecule has 4 saturated carbocycles. The van der Waals surface area contributed by atoms with Crippen LogP contribution in [-0.2, 0) is 10.5 Å². The summed E-state index contributed by atoms with van der Waals surface area (Å²) in [7, 11) is 0. The normalized spacial score (nSPS) is 34.1. The largest absolute Gasteiger partial charge is 0.352 e. The van der Waals surface area contributed by atoms with Gasteiger partial charge < -0.3 is 5.32 Å². The summed E-state index contributed by atoms with van der Waals surface area (Å²) >= 11 is 1.73. The number of aryl methyl sites for hydroxylation is 1. The van der Waals surface area contributed by atoms with E-state index in [4.69, 9.17) is 0 Å². The SMILES string of the molecule is Cc1ccc(CSCC(=O)NC(C)C23CC4CC(CC(C4)C2)C3)cc1. The Morgan fingerprint density at radius 2 is 1.68 bits per heavy atom. The number of hydrogen-bond acceptors (Lipinski definition) is 2. The first-order valence-electron chi connectivity index (χ1n) is 9.95. The number of carbonyl (C=O) groups excluding carboxylic acids is 1. The summed E-state index contributed by atoms with van der Waals surface area (Å²) in [6.45, 7) is 4.38. The predicted octanol–water partition coefficient (Wildman–Crippen LogP) is 4.95. The van der Waals surface area contributed by atoms with E-state index in [9.17, 15) is 4.79 Å². The molecule has 0 saturated heterocycles. The highest BCUT2D eigenvalue weighted by Crippen LogP contribution is 2.61. The van der Waals surface area contributed by atoms with E-state index in [1.807, 2.05) is 0 Å². The van der Waals surface area contributed by atoms with Gasteiger partial charge in [0, 0.05) is 11.8 Å². The molecule has 1 amide bonds. The van der Waals surface area contributed by atoms with Crippen LogP contribution in [0.1, 0.15) is 56.6 Å². The molecule has 3 heteroatoms. The molecule has 1 aromatic rings. The van der Waals surface area contributed by atoms with Crippen LogP contribution in [0.4, 0.5) is 0 Å². The zero-order chi connectivity index (χ0) is 17.4. The molecule has 4 aliphatic rings. The lowest BCUT2D eigenvalue weighted by molar-refractivity contribution is -0.123. The van der Waals surface area contributed by atoms with E-state index in [1.165, 1.54) is 49.7 Å². The van der Waals surface area contributed by atoms with Gasteiger partial charge in [0.25, 0.3) is 0 Å². The highest BCUT2D eigenvalue weighted by molar-refractivity contribution is 7.99. The predicted molar refractivity (Wildman–Crippen MR) is 106 cm³/mol. The Bertz CT molecular complexity index is 588. The lowest BCUT2D eigenvalue weighted by atomic mass is 9.48. The zero-order valence-electron chi connectivity index (χ0n) is 15.6. The Morgan fingerprint density at radius 1 is 1.12 bits per heavy atom. The fourth-order valence-corrected chi connectivity index (χ4v) is 6.89. The second-order valence-electron chi connectivity index (χ2n) is 9.05. The number of rotatable bonds is 6. The van der Waals surface area contributed by atoms with Crippen molar-refractivity contribution in [2.24, 2.45) is 23.2 Å². The molecule has 1 atom stereocenters. The quantitative estimate of drug-likeness (QED) is 0.780. The number of thioether (sulfide) groups is 1. The Kier molecular flexibility index (Phi) is 4.87. The molecular weight excluding hydrogens is 326 g/mol. The van der Waals surface area contributed by atoms with E-state index < -0.39 is 0 Å². The molecule has 1 unspecified atom stereocenters. The van der Waals surface area contributed by atoms with Crippen LogP contribution in [-0.4, -0.2) is 17.7 Å². The minimum atomic E-state index is 0.223. The van der Waals surface area contributed by atoms with Crippen molar-refractivity contribution in [2.75, 3.05) is 5.75 Å². The molecule has 4 bridgehead atoms. The first-order chi connectivity index (χ1) is 12.0. The third kappa shape index (κ3) is 3.77. The van der Waals surface area contributed by atoms with E-state index in [-0.39, 0.29) is 5.91 Å². The highest BCUT2D eigenvalue weighted by Gasteiger charge is 2.53. The fourth-order valence-electron chi connectivity index (χ4n) is 6.09. The van der Waals surface area contributed by atoms with Gasteiger partial charge in [0.05, 0.1) is 5.75 Å². The van der Waals surface area contributed by atoms with Crippen LogP contribution in [0, 0.1) is 30.1 Å². The summed E-state index contributed by atoms with van der Waals surface area (Å²) in [5.74, 6) is 4.55. The van der Waals surface area contributed by atoms with Crippen molar-refractivity contribution in [2.45, 2.75) is 64.2 Å². The molecule has 0 aliphatic heterocycles. The molecule has 0 heterocycles. The summed E-state index contributed by atoms with van der Waals surface area (Å²) in [5, 5.41) is 3.37. The van der Waals surface area contributed by atoms with Gasteiger partial charge >= 0.3 is 0 Å². The van der Waals surface area contributed by atoms with Crippen molar-refractivity contribution in [3.8, 4) is 0 Å². The first-order valence-corrected chi connectivity index (χ1v) is 11.1. The second kappa shape index (κ2) is 6.98.